The molecular formula is C6H20N2Si2. The van der Waals surface area contributed by atoms with E-state index in [4.69, 9.17) is 0 Å². The predicted molar refractivity (Wildman–Crippen MR) is 53.6 cm³/mol. The van der Waals surface area contributed by atoms with Gasteiger partial charge in [0.05, 0.1) is 9.68 Å². The van der Waals surface area contributed by atoms with Gasteiger partial charge in [-0.15, -0.1) is 0 Å². The summed E-state index contributed by atoms with van der Waals surface area (Å²) >= 11 is 0. The van der Waals surface area contributed by atoms with Gasteiger partial charge >= 0.3 is 0 Å². The van der Waals surface area contributed by atoms with Crippen molar-refractivity contribution in [3.05, 3.63) is 0 Å². The molecule has 62 valence electrons. The van der Waals surface area contributed by atoms with E-state index in [1.807, 2.05) is 0 Å². The Bertz CT molecular complexity index is 80.3. The molecule has 4 heteroatoms. The van der Waals surface area contributed by atoms with Gasteiger partial charge in [0.15, 0.2) is 0 Å². The van der Waals surface area contributed by atoms with Crippen LogP contribution in [0.15, 0.2) is 0 Å². The molecule has 0 aromatic rings. The van der Waals surface area contributed by atoms with Crippen LogP contribution < -0.4 is 9.96 Å². The van der Waals surface area contributed by atoms with Gasteiger partial charge < -0.3 is 9.96 Å². The maximum Gasteiger partial charge on any atom is 0.109 e. The van der Waals surface area contributed by atoms with Gasteiger partial charge in [0.25, 0.3) is 0 Å². The Hall–Kier alpha value is 0.354. The zero-order chi connectivity index (χ0) is 8.04. The van der Waals surface area contributed by atoms with Crippen LogP contribution in [-0.4, -0.2) is 30.6 Å². The summed E-state index contributed by atoms with van der Waals surface area (Å²) < 4.78 is 3.67. The smallest absolute Gasteiger partial charge is 0.109 e. The van der Waals surface area contributed by atoms with Gasteiger partial charge in [-0.05, 0) is 12.7 Å². The fraction of sp³-hybridized carbons (Fsp3) is 1.00. The molecule has 0 aromatic heterocycles. The average molecular weight is 176 g/mol. The van der Waals surface area contributed by atoms with E-state index in [0.29, 0.717) is 0 Å². The first-order chi connectivity index (χ1) is 4.56. The molecule has 2 nitrogen and oxygen atoms in total. The summed E-state index contributed by atoms with van der Waals surface area (Å²) in [7, 11) is -0.939. The molecule has 0 bridgehead atoms. The van der Waals surface area contributed by atoms with Crippen molar-refractivity contribution in [1.82, 2.24) is 9.96 Å². The zero-order valence-corrected chi connectivity index (χ0v) is 10.0. The van der Waals surface area contributed by atoms with Crippen LogP contribution in [0, 0.1) is 0 Å². The Kier molecular flexibility index (Phi) is 5.24. The minimum atomic E-state index is -0.935. The van der Waals surface area contributed by atoms with Crippen molar-refractivity contribution in [2.45, 2.75) is 26.6 Å². The highest BCUT2D eigenvalue weighted by Crippen LogP contribution is 1.90. The number of hydrogen-bond donors (Lipinski definition) is 2. The fourth-order valence-corrected chi connectivity index (χ4v) is 4.73. The van der Waals surface area contributed by atoms with Crippen molar-refractivity contribution in [2.24, 2.45) is 0 Å². The van der Waals surface area contributed by atoms with E-state index in [0.717, 1.165) is 6.54 Å². The van der Waals surface area contributed by atoms with Crippen LogP contribution in [-0.2, 0) is 0 Å². The van der Waals surface area contributed by atoms with Crippen molar-refractivity contribution in [2.75, 3.05) is 12.7 Å². The van der Waals surface area contributed by atoms with Crippen molar-refractivity contribution in [3.63, 3.8) is 0 Å². The van der Waals surface area contributed by atoms with Crippen molar-refractivity contribution in [3.8, 4) is 0 Å². The first-order valence-corrected chi connectivity index (χ1v) is 9.22. The molecule has 0 radical (unpaired) electrons. The third-order valence-corrected chi connectivity index (χ3v) is 7.05. The Balaban J connectivity index is 3.04. The van der Waals surface area contributed by atoms with E-state index in [9.17, 15) is 0 Å². The predicted octanol–water partition coefficient (Wildman–Crippen LogP) is 0.0617. The van der Waals surface area contributed by atoms with Crippen LogP contribution >= 0.6 is 0 Å². The second-order valence-corrected chi connectivity index (χ2v) is 10.4. The van der Waals surface area contributed by atoms with Gasteiger partial charge in [0.2, 0.25) is 0 Å². The first-order valence-electron chi connectivity index (χ1n) is 4.02. The van der Waals surface area contributed by atoms with E-state index in [1.54, 1.807) is 0 Å². The zero-order valence-electron chi connectivity index (χ0n) is 7.62. The quantitative estimate of drug-likeness (QED) is 0.457. The third-order valence-electron chi connectivity index (χ3n) is 1.21. The topological polar surface area (TPSA) is 24.1 Å². The minimum absolute atomic E-state index is 0.00326. The lowest BCUT2D eigenvalue weighted by molar-refractivity contribution is 0.826. The van der Waals surface area contributed by atoms with E-state index in [-0.39, 0.29) is 9.68 Å². The largest absolute Gasteiger partial charge is 0.364 e. The summed E-state index contributed by atoms with van der Waals surface area (Å²) in [6.07, 6.45) is 1.24. The normalized spacial score (nSPS) is 13.2. The van der Waals surface area contributed by atoms with Gasteiger partial charge in [-0.25, -0.2) is 0 Å². The maximum absolute atomic E-state index is 3.67. The molecule has 0 aliphatic carbocycles. The van der Waals surface area contributed by atoms with Crippen molar-refractivity contribution >= 4 is 17.9 Å². The summed E-state index contributed by atoms with van der Waals surface area (Å²) in [5.41, 5.74) is 0. The first kappa shape index (κ1) is 10.4. The molecule has 0 spiro atoms. The molecule has 0 heterocycles. The lowest BCUT2D eigenvalue weighted by Gasteiger charge is -2.17. The molecule has 0 aliphatic heterocycles. The van der Waals surface area contributed by atoms with Crippen LogP contribution in [0.5, 0.6) is 0 Å². The molecule has 0 unspecified atom stereocenters. The van der Waals surface area contributed by atoms with E-state index < -0.39 is 8.24 Å². The molecule has 10 heavy (non-hydrogen) atoms. The van der Waals surface area contributed by atoms with Crippen LogP contribution in [0.1, 0.15) is 6.92 Å². The van der Waals surface area contributed by atoms with Crippen LogP contribution in [0.3, 0.4) is 0 Å². The summed E-state index contributed by atoms with van der Waals surface area (Å²) in [6, 6.07) is 0. The van der Waals surface area contributed by atoms with Crippen molar-refractivity contribution in [1.29, 1.82) is 0 Å². The Morgan fingerprint density at radius 1 is 1.30 bits per heavy atom. The average Bonchev–Trinajstić information content (AvgIpc) is 1.78. The summed E-state index contributed by atoms with van der Waals surface area (Å²) in [5.74, 6) is 0. The maximum atomic E-state index is 3.67. The second-order valence-electron chi connectivity index (χ2n) is 3.53. The number of nitrogens with one attached hydrogen (secondary N) is 2. The molecule has 0 atom stereocenters. The Labute approximate surface area is 67.8 Å². The monoisotopic (exact) mass is 176 g/mol. The summed E-state index contributed by atoms with van der Waals surface area (Å²) in [5, 5.41) is 3.34. The molecule has 0 aliphatic rings. The minimum Gasteiger partial charge on any atom is -0.364 e. The number of hydrogen-bond acceptors (Lipinski definition) is 2. The lowest BCUT2D eigenvalue weighted by Crippen LogP contribution is -2.46. The van der Waals surface area contributed by atoms with Gasteiger partial charge in [0.1, 0.15) is 8.24 Å². The molecular weight excluding hydrogens is 156 g/mol. The second kappa shape index (κ2) is 5.06. The summed E-state index contributed by atoms with van der Waals surface area (Å²) in [6.45, 7) is 10.3. The molecule has 0 saturated carbocycles. The molecule has 0 saturated heterocycles. The van der Waals surface area contributed by atoms with Gasteiger partial charge in [-0.1, -0.05) is 26.6 Å². The highest BCUT2D eigenvalue weighted by Gasteiger charge is 2.09. The molecule has 0 rings (SSSR count). The molecule has 2 N–H and O–H groups in total. The molecule has 0 amide bonds. The number of rotatable bonds is 5. The fourth-order valence-electron chi connectivity index (χ4n) is 0.703. The van der Waals surface area contributed by atoms with Crippen LogP contribution in [0.2, 0.25) is 19.6 Å². The summed E-state index contributed by atoms with van der Waals surface area (Å²) in [4.78, 5) is 0. The Morgan fingerprint density at radius 2 is 1.90 bits per heavy atom. The SMILES string of the molecule is CCNC[SiH2]N[Si](C)(C)C. The van der Waals surface area contributed by atoms with Crippen LogP contribution in [0.4, 0.5) is 0 Å². The van der Waals surface area contributed by atoms with E-state index in [2.05, 4.69) is 36.5 Å². The van der Waals surface area contributed by atoms with Crippen molar-refractivity contribution < 1.29 is 0 Å². The van der Waals surface area contributed by atoms with Gasteiger partial charge in [-0.2, -0.15) is 0 Å². The van der Waals surface area contributed by atoms with Gasteiger partial charge in [-0.3, -0.25) is 0 Å². The Morgan fingerprint density at radius 3 is 2.30 bits per heavy atom. The highest BCUT2D eigenvalue weighted by molar-refractivity contribution is 6.79. The van der Waals surface area contributed by atoms with E-state index >= 15 is 0 Å². The lowest BCUT2D eigenvalue weighted by atomic mass is 10.8. The molecule has 0 fully saturated rings. The third kappa shape index (κ3) is 8.35. The standard InChI is InChI=1S/C6H20N2Si2/c1-5-7-6-9-8-10(2,3)4/h7-8H,5-6,9H2,1-4H3. The highest BCUT2D eigenvalue weighted by atomic mass is 28.4. The van der Waals surface area contributed by atoms with E-state index in [1.165, 1.54) is 6.17 Å². The van der Waals surface area contributed by atoms with Gasteiger partial charge in [0, 0.05) is 0 Å². The molecule has 0 aromatic carbocycles. The van der Waals surface area contributed by atoms with Crippen LogP contribution in [0.25, 0.3) is 0 Å².